The topological polar surface area (TPSA) is 108 Å². The summed E-state index contributed by atoms with van der Waals surface area (Å²) in [6.45, 7) is 0. The number of benzene rings is 1. The number of methoxy groups -OCH3 is 1. The molecule has 1 aromatic carbocycles. The summed E-state index contributed by atoms with van der Waals surface area (Å²) in [5.74, 6) is -3.11. The molecule has 8 heteroatoms. The predicted molar refractivity (Wildman–Crippen MR) is 59.6 cm³/mol. The Morgan fingerprint density at radius 3 is 2.68 bits per heavy atom. The Kier molecular flexibility index (Phi) is 3.47. The number of nitro benzene ring substituents is 1. The highest BCUT2D eigenvalue weighted by molar-refractivity contribution is 5.77. The van der Waals surface area contributed by atoms with E-state index >= 15 is 0 Å². The molecule has 0 radical (unpaired) electrons. The number of hydrogen-bond acceptors (Lipinski definition) is 7. The van der Waals surface area contributed by atoms with Crippen molar-refractivity contribution in [2.45, 2.75) is 18.3 Å². The number of non-ortho nitro benzene ring substituents is 1. The Morgan fingerprint density at radius 2 is 2.16 bits per heavy atom. The number of hydrogen-bond donors (Lipinski definition) is 1. The highest BCUT2D eigenvalue weighted by atomic mass is 17.2. The van der Waals surface area contributed by atoms with Crippen LogP contribution in [0.1, 0.15) is 18.1 Å². The minimum Gasteiger partial charge on any atom is -0.465 e. The van der Waals surface area contributed by atoms with Crippen LogP contribution in [0.3, 0.4) is 0 Å². The first-order valence-corrected chi connectivity index (χ1v) is 5.36. The molecule has 0 bridgehead atoms. The van der Waals surface area contributed by atoms with Gasteiger partial charge in [0.2, 0.25) is 0 Å². The van der Waals surface area contributed by atoms with Crippen LogP contribution in [0.2, 0.25) is 0 Å². The van der Waals surface area contributed by atoms with Crippen LogP contribution in [0, 0.1) is 10.1 Å². The Bertz CT molecular complexity index is 500. The average Bonchev–Trinajstić information content (AvgIpc) is 2.82. The second-order valence-corrected chi connectivity index (χ2v) is 4.00. The number of rotatable bonds is 3. The van der Waals surface area contributed by atoms with Crippen LogP contribution in [0.4, 0.5) is 5.69 Å². The first-order chi connectivity index (χ1) is 8.96. The largest absolute Gasteiger partial charge is 0.465 e. The van der Waals surface area contributed by atoms with Gasteiger partial charge in [-0.3, -0.25) is 10.1 Å². The van der Waals surface area contributed by atoms with Crippen molar-refractivity contribution in [3.8, 4) is 0 Å². The third kappa shape index (κ3) is 2.55. The van der Waals surface area contributed by atoms with E-state index in [2.05, 4.69) is 9.62 Å². The highest BCUT2D eigenvalue weighted by Gasteiger charge is 2.49. The molecule has 1 saturated heterocycles. The van der Waals surface area contributed by atoms with Crippen molar-refractivity contribution in [2.75, 3.05) is 7.11 Å². The third-order valence-corrected chi connectivity index (χ3v) is 2.74. The molecule has 0 aromatic heterocycles. The van der Waals surface area contributed by atoms with Crippen LogP contribution in [0.15, 0.2) is 24.3 Å². The summed E-state index contributed by atoms with van der Waals surface area (Å²) in [5, 5.41) is 20.3. The molecular formula is C11H11NO7. The minimum atomic E-state index is -2.15. The Morgan fingerprint density at radius 1 is 1.53 bits per heavy atom. The molecule has 1 unspecified atom stereocenters. The number of ether oxygens (including phenoxy) is 1. The predicted octanol–water partition coefficient (Wildman–Crippen LogP) is 0.849. The van der Waals surface area contributed by atoms with Crippen molar-refractivity contribution in [3.05, 3.63) is 39.9 Å². The van der Waals surface area contributed by atoms with Gasteiger partial charge < -0.3 is 9.84 Å². The van der Waals surface area contributed by atoms with E-state index in [1.165, 1.54) is 24.3 Å². The number of nitrogens with zero attached hydrogens (tertiary/aromatic N) is 1. The van der Waals surface area contributed by atoms with Crippen LogP contribution >= 0.6 is 0 Å². The summed E-state index contributed by atoms with van der Waals surface area (Å²) in [7, 11) is 1.11. The van der Waals surface area contributed by atoms with Gasteiger partial charge in [0.25, 0.3) is 5.69 Å². The van der Waals surface area contributed by atoms with E-state index < -0.39 is 22.8 Å². The van der Waals surface area contributed by atoms with Gasteiger partial charge in [-0.1, -0.05) is 0 Å². The SMILES string of the molecule is COC(=O)C1(O)C[C@@H](c2ccc([N+](=O)[O-])cc2)OO1. The molecule has 1 aromatic rings. The first-order valence-electron chi connectivity index (χ1n) is 5.36. The van der Waals surface area contributed by atoms with Gasteiger partial charge in [-0.2, -0.15) is 4.89 Å². The summed E-state index contributed by atoms with van der Waals surface area (Å²) >= 11 is 0. The molecule has 8 nitrogen and oxygen atoms in total. The van der Waals surface area contributed by atoms with Crippen LogP contribution < -0.4 is 0 Å². The maximum absolute atomic E-state index is 11.3. The fourth-order valence-electron chi connectivity index (χ4n) is 1.72. The van der Waals surface area contributed by atoms with Crippen LogP contribution in [0.5, 0.6) is 0 Å². The monoisotopic (exact) mass is 269 g/mol. The number of nitro groups is 1. The maximum atomic E-state index is 11.3. The van der Waals surface area contributed by atoms with Gasteiger partial charge in [0.05, 0.1) is 12.0 Å². The Hall–Kier alpha value is -2.03. The third-order valence-electron chi connectivity index (χ3n) is 2.74. The molecular weight excluding hydrogens is 258 g/mol. The number of aliphatic hydroxyl groups is 1. The van der Waals surface area contributed by atoms with E-state index in [1.807, 2.05) is 0 Å². The smallest absolute Gasteiger partial charge is 0.369 e. The van der Waals surface area contributed by atoms with Crippen molar-refractivity contribution in [2.24, 2.45) is 0 Å². The zero-order chi connectivity index (χ0) is 14.0. The van der Waals surface area contributed by atoms with Gasteiger partial charge in [-0.05, 0) is 17.7 Å². The van der Waals surface area contributed by atoms with E-state index in [0.717, 1.165) is 7.11 Å². The number of esters is 1. The molecule has 0 spiro atoms. The second-order valence-electron chi connectivity index (χ2n) is 4.00. The summed E-state index contributed by atoms with van der Waals surface area (Å²) < 4.78 is 4.39. The summed E-state index contributed by atoms with van der Waals surface area (Å²) in [5.41, 5.74) is 0.483. The molecule has 2 atom stereocenters. The quantitative estimate of drug-likeness (QED) is 0.375. The van der Waals surface area contributed by atoms with Gasteiger partial charge in [-0.25, -0.2) is 9.68 Å². The van der Waals surface area contributed by atoms with Crippen LogP contribution in [-0.4, -0.2) is 28.9 Å². The molecule has 0 saturated carbocycles. The highest BCUT2D eigenvalue weighted by Crippen LogP contribution is 2.37. The average molecular weight is 269 g/mol. The molecule has 1 fully saturated rings. The van der Waals surface area contributed by atoms with Gasteiger partial charge in [-0.15, -0.1) is 0 Å². The lowest BCUT2D eigenvalue weighted by molar-refractivity contribution is -0.385. The van der Waals surface area contributed by atoms with Crippen molar-refractivity contribution < 1.29 is 29.3 Å². The minimum absolute atomic E-state index is 0.0640. The molecule has 0 amide bonds. The zero-order valence-corrected chi connectivity index (χ0v) is 9.94. The Labute approximate surface area is 107 Å². The van der Waals surface area contributed by atoms with Gasteiger partial charge in [0.15, 0.2) is 0 Å². The van der Waals surface area contributed by atoms with Crippen molar-refractivity contribution in [1.29, 1.82) is 0 Å². The standard InChI is InChI=1S/C11H11NO7/c1-17-10(13)11(14)6-9(18-19-11)7-2-4-8(5-3-7)12(15)16/h2-5,9,14H,6H2,1H3/t9-,11?/m0/s1. The summed E-state index contributed by atoms with van der Waals surface area (Å²) in [6, 6.07) is 5.53. The lowest BCUT2D eigenvalue weighted by Gasteiger charge is -2.14. The Balaban J connectivity index is 2.12. The number of carbonyl (C=O) groups excluding carboxylic acids is 1. The lowest BCUT2D eigenvalue weighted by Crippen LogP contribution is -2.38. The van der Waals surface area contributed by atoms with Crippen LogP contribution in [0.25, 0.3) is 0 Å². The van der Waals surface area contributed by atoms with Gasteiger partial charge in [0, 0.05) is 18.6 Å². The normalized spacial score (nSPS) is 26.1. The lowest BCUT2D eigenvalue weighted by atomic mass is 10.0. The molecule has 102 valence electrons. The van der Waals surface area contributed by atoms with E-state index in [9.17, 15) is 20.0 Å². The molecule has 2 rings (SSSR count). The van der Waals surface area contributed by atoms with Crippen molar-refractivity contribution >= 4 is 11.7 Å². The maximum Gasteiger partial charge on any atom is 0.369 e. The van der Waals surface area contributed by atoms with Gasteiger partial charge >= 0.3 is 11.8 Å². The second kappa shape index (κ2) is 4.92. The first kappa shape index (κ1) is 13.4. The van der Waals surface area contributed by atoms with E-state index in [4.69, 9.17) is 4.89 Å². The van der Waals surface area contributed by atoms with E-state index in [-0.39, 0.29) is 12.1 Å². The molecule has 1 aliphatic rings. The van der Waals surface area contributed by atoms with Crippen molar-refractivity contribution in [3.63, 3.8) is 0 Å². The molecule has 1 N–H and O–H groups in total. The van der Waals surface area contributed by atoms with E-state index in [1.54, 1.807) is 0 Å². The fourth-order valence-corrected chi connectivity index (χ4v) is 1.72. The zero-order valence-electron chi connectivity index (χ0n) is 9.94. The summed E-state index contributed by atoms with van der Waals surface area (Å²) in [6.07, 6.45) is -0.859. The molecule has 19 heavy (non-hydrogen) atoms. The summed E-state index contributed by atoms with van der Waals surface area (Å²) in [4.78, 5) is 30.7. The van der Waals surface area contributed by atoms with E-state index in [0.29, 0.717) is 5.56 Å². The fraction of sp³-hybridized carbons (Fsp3) is 0.364. The van der Waals surface area contributed by atoms with Crippen LogP contribution in [-0.2, 0) is 19.3 Å². The molecule has 0 aliphatic carbocycles. The van der Waals surface area contributed by atoms with Crippen molar-refractivity contribution in [1.82, 2.24) is 0 Å². The van der Waals surface area contributed by atoms with Gasteiger partial charge in [0.1, 0.15) is 6.10 Å². The molecule has 1 aliphatic heterocycles. The molecule has 1 heterocycles. The number of carbonyl (C=O) groups is 1.